The highest BCUT2D eigenvalue weighted by atomic mass is 16.5. The van der Waals surface area contributed by atoms with E-state index in [2.05, 4.69) is 30.4 Å². The van der Waals surface area contributed by atoms with E-state index in [0.29, 0.717) is 29.8 Å². The Morgan fingerprint density at radius 3 is 2.57 bits per heavy atom. The SMILES string of the molecule is Cc1oc(-c2ccccc2)nc1Cn1nnc(-c2nc(-c3cccnc3)no2)c1C. The third kappa shape index (κ3) is 3.26. The lowest BCUT2D eigenvalue weighted by Crippen LogP contribution is -2.05. The molecule has 1 aromatic carbocycles. The smallest absolute Gasteiger partial charge is 0.280 e. The van der Waals surface area contributed by atoms with Crippen molar-refractivity contribution in [1.82, 2.24) is 35.1 Å². The van der Waals surface area contributed by atoms with Crippen LogP contribution >= 0.6 is 0 Å². The highest BCUT2D eigenvalue weighted by Crippen LogP contribution is 2.25. The van der Waals surface area contributed by atoms with Crippen LogP contribution in [0.1, 0.15) is 17.1 Å². The standard InChI is InChI=1S/C21H17N7O2/c1-13-18(21-24-19(26-30-21)16-9-6-10-22-11-16)25-27-28(13)12-17-14(2)29-20(23-17)15-7-4-3-5-8-15/h3-11H,12H2,1-2H3. The van der Waals surface area contributed by atoms with E-state index in [4.69, 9.17) is 8.94 Å². The molecule has 0 aliphatic heterocycles. The second-order valence-electron chi connectivity index (χ2n) is 6.73. The third-order valence-electron chi connectivity index (χ3n) is 4.74. The van der Waals surface area contributed by atoms with Gasteiger partial charge in [0.05, 0.1) is 12.2 Å². The molecule has 5 aromatic rings. The third-order valence-corrected chi connectivity index (χ3v) is 4.74. The van der Waals surface area contributed by atoms with E-state index < -0.39 is 0 Å². The van der Waals surface area contributed by atoms with Crippen LogP contribution in [0.2, 0.25) is 0 Å². The molecule has 0 spiro atoms. The van der Waals surface area contributed by atoms with Gasteiger partial charge < -0.3 is 8.94 Å². The van der Waals surface area contributed by atoms with Crippen LogP contribution in [0.4, 0.5) is 0 Å². The summed E-state index contributed by atoms with van der Waals surface area (Å²) in [6, 6.07) is 13.5. The molecular formula is C21H17N7O2. The first-order valence-corrected chi connectivity index (χ1v) is 9.35. The molecule has 0 aliphatic carbocycles. The fourth-order valence-electron chi connectivity index (χ4n) is 3.06. The number of pyridine rings is 1. The van der Waals surface area contributed by atoms with E-state index in [1.807, 2.05) is 56.3 Å². The zero-order valence-electron chi connectivity index (χ0n) is 16.4. The van der Waals surface area contributed by atoms with Crippen molar-refractivity contribution in [1.29, 1.82) is 0 Å². The van der Waals surface area contributed by atoms with Crippen LogP contribution in [0.5, 0.6) is 0 Å². The second-order valence-corrected chi connectivity index (χ2v) is 6.73. The number of hydrogen-bond donors (Lipinski definition) is 0. The van der Waals surface area contributed by atoms with E-state index in [0.717, 1.165) is 28.3 Å². The number of hydrogen-bond acceptors (Lipinski definition) is 8. The quantitative estimate of drug-likeness (QED) is 0.440. The number of oxazole rings is 1. The predicted octanol–water partition coefficient (Wildman–Crippen LogP) is 3.71. The van der Waals surface area contributed by atoms with Crippen molar-refractivity contribution < 1.29 is 8.94 Å². The molecule has 0 unspecified atom stereocenters. The van der Waals surface area contributed by atoms with E-state index >= 15 is 0 Å². The van der Waals surface area contributed by atoms with Gasteiger partial charge in [0.25, 0.3) is 5.89 Å². The van der Waals surface area contributed by atoms with Crippen molar-refractivity contribution in [2.45, 2.75) is 20.4 Å². The maximum absolute atomic E-state index is 5.84. The molecule has 9 nitrogen and oxygen atoms in total. The monoisotopic (exact) mass is 399 g/mol. The summed E-state index contributed by atoms with van der Waals surface area (Å²) >= 11 is 0. The average Bonchev–Trinajstić information content (AvgIpc) is 3.50. The fraction of sp³-hybridized carbons (Fsp3) is 0.143. The Balaban J connectivity index is 1.41. The van der Waals surface area contributed by atoms with Gasteiger partial charge in [-0.2, -0.15) is 4.98 Å². The van der Waals surface area contributed by atoms with Crippen LogP contribution in [0.15, 0.2) is 63.8 Å². The van der Waals surface area contributed by atoms with Gasteiger partial charge in [0.1, 0.15) is 11.5 Å². The fourth-order valence-corrected chi connectivity index (χ4v) is 3.06. The molecule has 4 heterocycles. The van der Waals surface area contributed by atoms with Crippen molar-refractivity contribution >= 4 is 0 Å². The summed E-state index contributed by atoms with van der Waals surface area (Å²) in [4.78, 5) is 13.1. The van der Waals surface area contributed by atoms with Gasteiger partial charge in [-0.15, -0.1) is 5.10 Å². The van der Waals surface area contributed by atoms with Gasteiger partial charge in [-0.3, -0.25) is 4.98 Å². The molecule has 0 fully saturated rings. The van der Waals surface area contributed by atoms with Gasteiger partial charge in [-0.1, -0.05) is 28.6 Å². The van der Waals surface area contributed by atoms with Crippen molar-refractivity contribution in [2.24, 2.45) is 0 Å². The van der Waals surface area contributed by atoms with Crippen LogP contribution in [0, 0.1) is 13.8 Å². The van der Waals surface area contributed by atoms with Crippen molar-refractivity contribution in [2.75, 3.05) is 0 Å². The maximum Gasteiger partial charge on any atom is 0.280 e. The molecule has 0 N–H and O–H groups in total. The maximum atomic E-state index is 5.84. The molecule has 0 radical (unpaired) electrons. The van der Waals surface area contributed by atoms with Gasteiger partial charge in [-0.05, 0) is 38.1 Å². The number of rotatable bonds is 5. The van der Waals surface area contributed by atoms with Crippen LogP contribution in [-0.2, 0) is 6.54 Å². The van der Waals surface area contributed by atoms with Gasteiger partial charge in [0, 0.05) is 23.5 Å². The van der Waals surface area contributed by atoms with E-state index in [-0.39, 0.29) is 0 Å². The number of aryl methyl sites for hydroxylation is 1. The molecule has 0 bridgehead atoms. The van der Waals surface area contributed by atoms with Crippen molar-refractivity contribution in [3.05, 3.63) is 72.0 Å². The van der Waals surface area contributed by atoms with E-state index in [9.17, 15) is 0 Å². The molecule has 5 rings (SSSR count). The number of benzene rings is 1. The van der Waals surface area contributed by atoms with Gasteiger partial charge in [0.15, 0.2) is 5.69 Å². The Labute approximate surface area is 171 Å². The summed E-state index contributed by atoms with van der Waals surface area (Å²) in [5, 5.41) is 12.5. The molecule has 0 aliphatic rings. The Bertz CT molecular complexity index is 1290. The number of nitrogens with zero attached hydrogens (tertiary/aromatic N) is 7. The van der Waals surface area contributed by atoms with Crippen LogP contribution in [0.3, 0.4) is 0 Å². The first-order valence-electron chi connectivity index (χ1n) is 9.35. The Morgan fingerprint density at radius 1 is 0.933 bits per heavy atom. The molecule has 9 heteroatoms. The number of aromatic nitrogens is 7. The predicted molar refractivity (Wildman–Crippen MR) is 107 cm³/mol. The van der Waals surface area contributed by atoms with Gasteiger partial charge in [0.2, 0.25) is 11.7 Å². The van der Waals surface area contributed by atoms with E-state index in [1.54, 1.807) is 17.1 Å². The normalized spacial score (nSPS) is 11.1. The average molecular weight is 399 g/mol. The molecule has 30 heavy (non-hydrogen) atoms. The van der Waals surface area contributed by atoms with Gasteiger partial charge >= 0.3 is 0 Å². The minimum atomic E-state index is 0.305. The summed E-state index contributed by atoms with van der Waals surface area (Å²) in [6.45, 7) is 4.21. The van der Waals surface area contributed by atoms with Crippen LogP contribution in [-0.4, -0.2) is 35.1 Å². The first kappa shape index (κ1) is 17.9. The lowest BCUT2D eigenvalue weighted by molar-refractivity contribution is 0.430. The minimum absolute atomic E-state index is 0.305. The van der Waals surface area contributed by atoms with Crippen molar-refractivity contribution in [3.8, 4) is 34.4 Å². The Kier molecular flexibility index (Phi) is 4.40. The minimum Gasteiger partial charge on any atom is -0.441 e. The first-order chi connectivity index (χ1) is 14.7. The largest absolute Gasteiger partial charge is 0.441 e. The highest BCUT2D eigenvalue weighted by molar-refractivity contribution is 5.57. The van der Waals surface area contributed by atoms with Gasteiger partial charge in [-0.25, -0.2) is 9.67 Å². The summed E-state index contributed by atoms with van der Waals surface area (Å²) in [7, 11) is 0. The summed E-state index contributed by atoms with van der Waals surface area (Å²) in [5.41, 5.74) is 3.80. The van der Waals surface area contributed by atoms with Crippen molar-refractivity contribution in [3.63, 3.8) is 0 Å². The molecule has 0 atom stereocenters. The zero-order chi connectivity index (χ0) is 20.5. The summed E-state index contributed by atoms with van der Waals surface area (Å²) < 4.78 is 13.0. The molecule has 0 saturated carbocycles. The van der Waals surface area contributed by atoms with E-state index in [1.165, 1.54) is 0 Å². The van der Waals surface area contributed by atoms with Crippen LogP contribution < -0.4 is 0 Å². The molecule has 148 valence electrons. The highest BCUT2D eigenvalue weighted by Gasteiger charge is 2.20. The topological polar surface area (TPSA) is 109 Å². The molecule has 0 amide bonds. The zero-order valence-corrected chi connectivity index (χ0v) is 16.4. The Hall–Kier alpha value is -4.14. The molecule has 4 aromatic heterocycles. The molecular weight excluding hydrogens is 382 g/mol. The van der Waals surface area contributed by atoms with Crippen LogP contribution in [0.25, 0.3) is 34.4 Å². The lowest BCUT2D eigenvalue weighted by Gasteiger charge is -2.00. The second kappa shape index (κ2) is 7.36. The summed E-state index contributed by atoms with van der Waals surface area (Å²) in [6.07, 6.45) is 3.37. The summed E-state index contributed by atoms with van der Waals surface area (Å²) in [5.74, 6) is 2.08. The Morgan fingerprint density at radius 2 is 1.77 bits per heavy atom. The lowest BCUT2D eigenvalue weighted by atomic mass is 10.2. The molecule has 0 saturated heterocycles.